The van der Waals surface area contributed by atoms with Crippen LogP contribution in [0.2, 0.25) is 10.0 Å². The van der Waals surface area contributed by atoms with Crippen LogP contribution in [0.15, 0.2) is 29.8 Å². The number of carbonyl (C=O) groups is 1. The average molecular weight is 376 g/mol. The van der Waals surface area contributed by atoms with E-state index >= 15 is 0 Å². The van der Waals surface area contributed by atoms with Crippen LogP contribution in [0, 0.1) is 0 Å². The Balaban J connectivity index is 0.000000891. The van der Waals surface area contributed by atoms with Gasteiger partial charge in [0.2, 0.25) is 5.88 Å². The van der Waals surface area contributed by atoms with E-state index in [1.165, 1.54) is 5.56 Å². The smallest absolute Gasteiger partial charge is 0.290 e. The fourth-order valence-electron chi connectivity index (χ4n) is 2.62. The predicted octanol–water partition coefficient (Wildman–Crippen LogP) is 3.35. The largest absolute Gasteiger partial charge is 0.483 e. The number of nitrogens with one attached hydrogen (secondary N) is 1. The SMILES string of the molecule is C/C(NN)=C(/N)OC1CCC(c2ccc(Cl)c(Cl)c2)CC1.O=CO. The second-order valence-electron chi connectivity index (χ2n) is 5.50. The summed E-state index contributed by atoms with van der Waals surface area (Å²) in [5.74, 6) is 6.18. The Hall–Kier alpha value is -1.63. The molecule has 0 amide bonds. The lowest BCUT2D eigenvalue weighted by molar-refractivity contribution is -0.122. The minimum atomic E-state index is -0.250. The second kappa shape index (κ2) is 10.3. The molecule has 6 nitrogen and oxygen atoms in total. The second-order valence-corrected chi connectivity index (χ2v) is 6.32. The van der Waals surface area contributed by atoms with Crippen LogP contribution in [0.1, 0.15) is 44.1 Å². The minimum Gasteiger partial charge on any atom is -0.483 e. The molecule has 1 saturated carbocycles. The third-order valence-electron chi connectivity index (χ3n) is 3.97. The van der Waals surface area contributed by atoms with Crippen molar-refractivity contribution in [2.45, 2.75) is 44.6 Å². The Morgan fingerprint density at radius 2 is 1.88 bits per heavy atom. The average Bonchev–Trinajstić information content (AvgIpc) is 2.58. The van der Waals surface area contributed by atoms with Crippen molar-refractivity contribution in [2.24, 2.45) is 11.6 Å². The highest BCUT2D eigenvalue weighted by Gasteiger charge is 2.24. The minimum absolute atomic E-state index is 0.146. The van der Waals surface area contributed by atoms with Crippen LogP contribution in [0.3, 0.4) is 0 Å². The first-order valence-corrected chi connectivity index (χ1v) is 8.30. The van der Waals surface area contributed by atoms with Crippen LogP contribution >= 0.6 is 23.2 Å². The quantitative estimate of drug-likeness (QED) is 0.278. The molecule has 134 valence electrons. The fourth-order valence-corrected chi connectivity index (χ4v) is 2.93. The maximum atomic E-state index is 8.36. The molecule has 0 unspecified atom stereocenters. The summed E-state index contributed by atoms with van der Waals surface area (Å²) in [7, 11) is 0. The van der Waals surface area contributed by atoms with Crippen LogP contribution in [-0.4, -0.2) is 17.7 Å². The monoisotopic (exact) mass is 375 g/mol. The van der Waals surface area contributed by atoms with Crippen LogP contribution in [0.5, 0.6) is 0 Å². The van der Waals surface area contributed by atoms with E-state index in [9.17, 15) is 0 Å². The summed E-state index contributed by atoms with van der Waals surface area (Å²) < 4.78 is 5.74. The molecule has 2 rings (SSSR count). The van der Waals surface area contributed by atoms with Gasteiger partial charge >= 0.3 is 0 Å². The third kappa shape index (κ3) is 6.11. The van der Waals surface area contributed by atoms with E-state index in [1.54, 1.807) is 6.92 Å². The molecule has 0 atom stereocenters. The van der Waals surface area contributed by atoms with Crippen molar-refractivity contribution >= 4 is 29.7 Å². The molecule has 1 fully saturated rings. The van der Waals surface area contributed by atoms with Crippen LogP contribution in [0.25, 0.3) is 0 Å². The van der Waals surface area contributed by atoms with E-state index in [1.807, 2.05) is 12.1 Å². The van der Waals surface area contributed by atoms with Crippen molar-refractivity contribution in [3.63, 3.8) is 0 Å². The van der Waals surface area contributed by atoms with Crippen molar-refractivity contribution in [2.75, 3.05) is 0 Å². The molecule has 1 aromatic rings. The zero-order chi connectivity index (χ0) is 18.1. The summed E-state index contributed by atoms with van der Waals surface area (Å²) in [6.07, 6.45) is 4.16. The summed E-state index contributed by atoms with van der Waals surface area (Å²) in [4.78, 5) is 8.36. The van der Waals surface area contributed by atoms with Gasteiger partial charge in [-0.2, -0.15) is 0 Å². The predicted molar refractivity (Wildman–Crippen MR) is 95.4 cm³/mol. The zero-order valence-electron chi connectivity index (χ0n) is 13.5. The van der Waals surface area contributed by atoms with Crippen molar-refractivity contribution < 1.29 is 14.6 Å². The summed E-state index contributed by atoms with van der Waals surface area (Å²) in [6.45, 7) is 1.54. The Morgan fingerprint density at radius 1 is 1.29 bits per heavy atom. The highest BCUT2D eigenvalue weighted by Crippen LogP contribution is 2.36. The van der Waals surface area contributed by atoms with E-state index in [0.717, 1.165) is 25.7 Å². The topological polar surface area (TPSA) is 111 Å². The van der Waals surface area contributed by atoms with Gasteiger partial charge in [0.05, 0.1) is 15.7 Å². The molecule has 1 aromatic carbocycles. The highest BCUT2D eigenvalue weighted by molar-refractivity contribution is 6.42. The highest BCUT2D eigenvalue weighted by atomic mass is 35.5. The fraction of sp³-hybridized carbons (Fsp3) is 0.438. The number of benzene rings is 1. The number of halogens is 2. The van der Waals surface area contributed by atoms with Gasteiger partial charge in [-0.3, -0.25) is 10.6 Å². The molecule has 24 heavy (non-hydrogen) atoms. The normalized spacial score (nSPS) is 21.0. The number of hydrazine groups is 1. The number of hydrogen-bond acceptors (Lipinski definition) is 5. The number of rotatable bonds is 4. The van der Waals surface area contributed by atoms with Gasteiger partial charge in [-0.15, -0.1) is 0 Å². The lowest BCUT2D eigenvalue weighted by Gasteiger charge is -2.29. The Morgan fingerprint density at radius 3 is 2.38 bits per heavy atom. The van der Waals surface area contributed by atoms with Crippen molar-refractivity contribution in [1.29, 1.82) is 0 Å². The molecule has 8 heteroatoms. The zero-order valence-corrected chi connectivity index (χ0v) is 15.0. The van der Waals surface area contributed by atoms with Crippen molar-refractivity contribution in [3.8, 4) is 0 Å². The van der Waals surface area contributed by atoms with Gasteiger partial charge in [0.15, 0.2) is 0 Å². The van der Waals surface area contributed by atoms with Crippen LogP contribution in [0.4, 0.5) is 0 Å². The summed E-state index contributed by atoms with van der Waals surface area (Å²) >= 11 is 12.0. The third-order valence-corrected chi connectivity index (χ3v) is 4.71. The Bertz CT molecular complexity index is 574. The van der Waals surface area contributed by atoms with Gasteiger partial charge in [0.25, 0.3) is 6.47 Å². The summed E-state index contributed by atoms with van der Waals surface area (Å²) in [5.41, 5.74) is 10.2. The van der Waals surface area contributed by atoms with E-state index < -0.39 is 0 Å². The van der Waals surface area contributed by atoms with Gasteiger partial charge in [-0.25, -0.2) is 0 Å². The van der Waals surface area contributed by atoms with Crippen molar-refractivity contribution in [3.05, 3.63) is 45.4 Å². The first-order chi connectivity index (χ1) is 11.4. The number of allylic oxidation sites excluding steroid dienone is 1. The molecular weight excluding hydrogens is 353 g/mol. The molecule has 0 saturated heterocycles. The number of hydrogen-bond donors (Lipinski definition) is 4. The molecule has 0 spiro atoms. The standard InChI is InChI=1S/C15H21Cl2N3O.CH2O2/c1-9(20-19)15(18)21-12-5-2-10(3-6-12)11-4-7-13(16)14(17)8-11;2-1-3/h4,7-8,10,12,20H,2-3,5-6,18-19H2,1H3;1H,(H,2,3)/b15-9+;. The molecule has 6 N–H and O–H groups in total. The van der Waals surface area contributed by atoms with Crippen molar-refractivity contribution in [1.82, 2.24) is 5.43 Å². The maximum Gasteiger partial charge on any atom is 0.290 e. The Kier molecular flexibility index (Phi) is 8.74. The van der Waals surface area contributed by atoms with Gasteiger partial charge in [-0.05, 0) is 56.2 Å². The van der Waals surface area contributed by atoms with Gasteiger partial charge in [0.1, 0.15) is 6.10 Å². The van der Waals surface area contributed by atoms with Crippen LogP contribution < -0.4 is 17.0 Å². The first kappa shape index (κ1) is 20.4. The maximum absolute atomic E-state index is 8.36. The molecule has 0 heterocycles. The molecular formula is C16H23Cl2N3O3. The molecule has 0 bridgehead atoms. The lowest BCUT2D eigenvalue weighted by Crippen LogP contribution is -2.28. The number of nitrogens with two attached hydrogens (primary N) is 2. The molecule has 1 aliphatic carbocycles. The van der Waals surface area contributed by atoms with E-state index in [-0.39, 0.29) is 12.6 Å². The molecule has 0 aliphatic heterocycles. The summed E-state index contributed by atoms with van der Waals surface area (Å²) in [5, 5.41) is 8.10. The number of ether oxygens (including phenoxy) is 1. The van der Waals surface area contributed by atoms with Gasteiger partial charge in [0, 0.05) is 0 Å². The molecule has 1 aliphatic rings. The number of carboxylic acid groups (broad SMARTS) is 1. The Labute approximate surface area is 151 Å². The molecule has 0 aromatic heterocycles. The van der Waals surface area contributed by atoms with E-state index in [2.05, 4.69) is 11.5 Å². The first-order valence-electron chi connectivity index (χ1n) is 7.55. The van der Waals surface area contributed by atoms with Gasteiger partial charge < -0.3 is 21.0 Å². The van der Waals surface area contributed by atoms with E-state index in [4.69, 9.17) is 49.4 Å². The van der Waals surface area contributed by atoms with Crippen LogP contribution in [-0.2, 0) is 9.53 Å². The summed E-state index contributed by atoms with van der Waals surface area (Å²) in [6, 6.07) is 5.88. The van der Waals surface area contributed by atoms with Gasteiger partial charge in [-0.1, -0.05) is 29.3 Å². The lowest BCUT2D eigenvalue weighted by atomic mass is 9.83. The molecule has 0 radical (unpaired) electrons. The van der Waals surface area contributed by atoms with E-state index in [0.29, 0.717) is 27.5 Å².